The van der Waals surface area contributed by atoms with E-state index < -0.39 is 0 Å². The maximum Gasteiger partial charge on any atom is 0.261 e. The highest BCUT2D eigenvalue weighted by atomic mass is 16.1. The molecule has 1 fully saturated rings. The number of para-hydroxylation sites is 2. The predicted molar refractivity (Wildman–Crippen MR) is 123 cm³/mol. The number of anilines is 1. The molecule has 0 aliphatic carbocycles. The second-order valence-electron chi connectivity index (χ2n) is 7.98. The number of rotatable bonds is 7. The molecule has 1 aromatic heterocycles. The third-order valence-electron chi connectivity index (χ3n) is 5.88. The first-order valence-corrected chi connectivity index (χ1v) is 10.9. The Morgan fingerprint density at radius 1 is 1.00 bits per heavy atom. The van der Waals surface area contributed by atoms with Crippen molar-refractivity contribution in [3.8, 4) is 0 Å². The number of aryl methyl sites for hydroxylation is 2. The minimum atomic E-state index is -0.0993. The highest BCUT2D eigenvalue weighted by Gasteiger charge is 2.16. The molecule has 7 heteroatoms. The third-order valence-corrected chi connectivity index (χ3v) is 5.88. The van der Waals surface area contributed by atoms with Crippen LogP contribution in [0.3, 0.4) is 0 Å². The second kappa shape index (κ2) is 9.75. The van der Waals surface area contributed by atoms with Gasteiger partial charge in [-0.05, 0) is 30.7 Å². The zero-order valence-corrected chi connectivity index (χ0v) is 18.0. The Hall–Kier alpha value is -3.19. The molecule has 1 N–H and O–H groups in total. The summed E-state index contributed by atoms with van der Waals surface area (Å²) in [5.74, 6) is -0.0424. The van der Waals surface area contributed by atoms with Crippen LogP contribution in [0.25, 0.3) is 10.9 Å². The van der Waals surface area contributed by atoms with Gasteiger partial charge in [0.2, 0.25) is 5.91 Å². The summed E-state index contributed by atoms with van der Waals surface area (Å²) in [4.78, 5) is 34.0. The number of fused-ring (bicyclic) bond motifs is 1. The van der Waals surface area contributed by atoms with Gasteiger partial charge in [-0.15, -0.1) is 0 Å². The molecule has 0 saturated carbocycles. The van der Waals surface area contributed by atoms with Crippen molar-refractivity contribution < 1.29 is 4.79 Å². The summed E-state index contributed by atoms with van der Waals surface area (Å²) >= 11 is 0. The summed E-state index contributed by atoms with van der Waals surface area (Å²) in [5.41, 5.74) is 2.87. The highest BCUT2D eigenvalue weighted by Crippen LogP contribution is 2.15. The Morgan fingerprint density at radius 3 is 2.55 bits per heavy atom. The van der Waals surface area contributed by atoms with Gasteiger partial charge in [-0.25, -0.2) is 4.98 Å². The van der Waals surface area contributed by atoms with Crippen LogP contribution in [0.15, 0.2) is 59.7 Å². The molecule has 0 spiro atoms. The smallest absolute Gasteiger partial charge is 0.261 e. The van der Waals surface area contributed by atoms with Crippen LogP contribution in [-0.2, 0) is 11.3 Å². The molecule has 0 radical (unpaired) electrons. The molecule has 1 aliphatic rings. The maximum atomic E-state index is 12.6. The maximum absolute atomic E-state index is 12.6. The summed E-state index contributed by atoms with van der Waals surface area (Å²) in [5, 5.41) is 3.57. The van der Waals surface area contributed by atoms with E-state index in [9.17, 15) is 9.59 Å². The predicted octanol–water partition coefficient (Wildman–Crippen LogP) is 2.03. The Balaban J connectivity index is 1.20. The van der Waals surface area contributed by atoms with Crippen LogP contribution in [0.4, 0.5) is 5.69 Å². The SMILES string of the molecule is Cc1cccc2c(=O)n(CCC(=O)NCCN3CCN(c4ccccc4)CC3)cnc12. The monoisotopic (exact) mass is 419 g/mol. The Bertz CT molecular complexity index is 1090. The number of hydrogen-bond acceptors (Lipinski definition) is 5. The van der Waals surface area contributed by atoms with Gasteiger partial charge in [0.05, 0.1) is 17.2 Å². The van der Waals surface area contributed by atoms with E-state index in [-0.39, 0.29) is 17.9 Å². The van der Waals surface area contributed by atoms with Crippen LogP contribution in [0.5, 0.6) is 0 Å². The van der Waals surface area contributed by atoms with Crippen LogP contribution in [0, 0.1) is 6.92 Å². The molecular weight excluding hydrogens is 390 g/mol. The van der Waals surface area contributed by atoms with Crippen LogP contribution in [0.1, 0.15) is 12.0 Å². The van der Waals surface area contributed by atoms with Gasteiger partial charge in [0.25, 0.3) is 5.56 Å². The van der Waals surface area contributed by atoms with Crippen molar-refractivity contribution in [3.05, 3.63) is 70.8 Å². The summed E-state index contributed by atoms with van der Waals surface area (Å²) < 4.78 is 1.52. The highest BCUT2D eigenvalue weighted by molar-refractivity contribution is 5.80. The third kappa shape index (κ3) is 5.11. The fraction of sp³-hybridized carbons (Fsp3) is 0.375. The molecular formula is C24H29N5O2. The number of carbonyl (C=O) groups excluding carboxylic acids is 1. The van der Waals surface area contributed by atoms with Gasteiger partial charge in [0.15, 0.2) is 0 Å². The first-order chi connectivity index (χ1) is 15.1. The molecule has 2 heterocycles. The molecule has 0 atom stereocenters. The van der Waals surface area contributed by atoms with Crippen molar-refractivity contribution >= 4 is 22.5 Å². The first kappa shape index (κ1) is 21.1. The van der Waals surface area contributed by atoms with Gasteiger partial charge in [-0.2, -0.15) is 0 Å². The standard InChI is InChI=1S/C24H29N5O2/c1-19-6-5-9-21-23(19)26-18-29(24(21)31)12-10-22(30)25-11-13-27-14-16-28(17-15-27)20-7-3-2-4-8-20/h2-9,18H,10-17H2,1H3,(H,25,30). The van der Waals surface area contributed by atoms with Crippen molar-refractivity contribution in [3.63, 3.8) is 0 Å². The molecule has 3 aromatic rings. The van der Waals surface area contributed by atoms with Crippen molar-refractivity contribution in [2.24, 2.45) is 0 Å². The quantitative estimate of drug-likeness (QED) is 0.635. The number of amides is 1. The van der Waals surface area contributed by atoms with Crippen LogP contribution in [-0.4, -0.2) is 59.6 Å². The minimum Gasteiger partial charge on any atom is -0.369 e. The van der Waals surface area contributed by atoms with Gasteiger partial charge in [0.1, 0.15) is 0 Å². The molecule has 0 bridgehead atoms. The number of hydrogen-bond donors (Lipinski definition) is 1. The van der Waals surface area contributed by atoms with Gasteiger partial charge in [-0.1, -0.05) is 30.3 Å². The van der Waals surface area contributed by atoms with E-state index in [1.165, 1.54) is 16.6 Å². The van der Waals surface area contributed by atoms with E-state index in [0.29, 0.717) is 18.5 Å². The number of benzene rings is 2. The lowest BCUT2D eigenvalue weighted by Gasteiger charge is -2.36. The molecule has 1 amide bonds. The zero-order valence-electron chi connectivity index (χ0n) is 18.0. The second-order valence-corrected chi connectivity index (χ2v) is 7.98. The van der Waals surface area contributed by atoms with Gasteiger partial charge >= 0.3 is 0 Å². The molecule has 1 aliphatic heterocycles. The summed E-state index contributed by atoms with van der Waals surface area (Å²) in [6.07, 6.45) is 1.80. The lowest BCUT2D eigenvalue weighted by molar-refractivity contribution is -0.121. The first-order valence-electron chi connectivity index (χ1n) is 10.9. The summed E-state index contributed by atoms with van der Waals surface area (Å²) in [7, 11) is 0. The molecule has 31 heavy (non-hydrogen) atoms. The number of nitrogens with zero attached hydrogens (tertiary/aromatic N) is 4. The fourth-order valence-corrected chi connectivity index (χ4v) is 4.03. The molecule has 0 unspecified atom stereocenters. The topological polar surface area (TPSA) is 70.5 Å². The fourth-order valence-electron chi connectivity index (χ4n) is 4.03. The average Bonchev–Trinajstić information content (AvgIpc) is 2.80. The van der Waals surface area contributed by atoms with Gasteiger partial charge < -0.3 is 10.2 Å². The van der Waals surface area contributed by atoms with E-state index in [1.807, 2.05) is 25.1 Å². The van der Waals surface area contributed by atoms with E-state index in [4.69, 9.17) is 0 Å². The van der Waals surface area contributed by atoms with Crippen LogP contribution in [0.2, 0.25) is 0 Å². The normalized spacial score (nSPS) is 14.7. The van der Waals surface area contributed by atoms with Crippen molar-refractivity contribution in [1.29, 1.82) is 0 Å². The average molecular weight is 420 g/mol. The van der Waals surface area contributed by atoms with Crippen molar-refractivity contribution in [2.75, 3.05) is 44.2 Å². The van der Waals surface area contributed by atoms with E-state index >= 15 is 0 Å². The van der Waals surface area contributed by atoms with E-state index in [0.717, 1.165) is 43.8 Å². The van der Waals surface area contributed by atoms with Crippen molar-refractivity contribution in [2.45, 2.75) is 19.9 Å². The Morgan fingerprint density at radius 2 is 1.77 bits per heavy atom. The molecule has 162 valence electrons. The van der Waals surface area contributed by atoms with Gasteiger partial charge in [0, 0.05) is 57.9 Å². The lowest BCUT2D eigenvalue weighted by atomic mass is 10.1. The molecule has 4 rings (SSSR count). The number of piperazine rings is 1. The number of aromatic nitrogens is 2. The molecule has 7 nitrogen and oxygen atoms in total. The Kier molecular flexibility index (Phi) is 6.62. The van der Waals surface area contributed by atoms with Crippen LogP contribution >= 0.6 is 0 Å². The molecule has 2 aromatic carbocycles. The Labute approximate surface area is 182 Å². The van der Waals surface area contributed by atoms with Crippen molar-refractivity contribution in [1.82, 2.24) is 19.8 Å². The van der Waals surface area contributed by atoms with E-state index in [2.05, 4.69) is 44.4 Å². The lowest BCUT2D eigenvalue weighted by Crippen LogP contribution is -2.48. The number of nitrogens with one attached hydrogen (secondary N) is 1. The van der Waals surface area contributed by atoms with Crippen LogP contribution < -0.4 is 15.8 Å². The molecule has 1 saturated heterocycles. The zero-order chi connectivity index (χ0) is 21.6. The largest absolute Gasteiger partial charge is 0.369 e. The van der Waals surface area contributed by atoms with E-state index in [1.54, 1.807) is 6.07 Å². The summed E-state index contributed by atoms with van der Waals surface area (Å²) in [6.45, 7) is 7.69. The summed E-state index contributed by atoms with van der Waals surface area (Å²) in [6, 6.07) is 16.1. The van der Waals surface area contributed by atoms with Gasteiger partial charge in [-0.3, -0.25) is 19.1 Å². The number of carbonyl (C=O) groups is 1. The minimum absolute atomic E-state index is 0.0424.